The van der Waals surface area contributed by atoms with E-state index in [1.54, 1.807) is 12.1 Å². The van der Waals surface area contributed by atoms with Gasteiger partial charge in [-0.2, -0.15) is 0 Å². The van der Waals surface area contributed by atoms with Crippen molar-refractivity contribution < 1.29 is 19.7 Å². The number of hydrogen-bond donors (Lipinski definition) is 2. The van der Waals surface area contributed by atoms with Crippen molar-refractivity contribution >= 4 is 5.97 Å². The fraction of sp³-hybridized carbons (Fsp3) is 0.350. The van der Waals surface area contributed by atoms with Crippen LogP contribution >= 0.6 is 0 Å². The molecule has 2 aromatic carbocycles. The van der Waals surface area contributed by atoms with E-state index in [2.05, 4.69) is 6.92 Å². The molecule has 0 spiro atoms. The third-order valence-electron chi connectivity index (χ3n) is 3.97. The highest BCUT2D eigenvalue weighted by Crippen LogP contribution is 2.23. The Morgan fingerprint density at radius 3 is 2.46 bits per heavy atom. The molecule has 0 radical (unpaired) electrons. The lowest BCUT2D eigenvalue weighted by atomic mass is 9.99. The highest BCUT2D eigenvalue weighted by atomic mass is 16.5. The van der Waals surface area contributed by atoms with Gasteiger partial charge in [-0.3, -0.25) is 0 Å². The summed E-state index contributed by atoms with van der Waals surface area (Å²) >= 11 is 0. The number of aromatic carboxylic acids is 1. The molecule has 0 unspecified atom stereocenters. The molecule has 0 aromatic heterocycles. The summed E-state index contributed by atoms with van der Waals surface area (Å²) in [5, 5.41) is 18.9. The molecule has 128 valence electrons. The number of carbonyl (C=O) groups is 1. The molecule has 4 nitrogen and oxygen atoms in total. The van der Waals surface area contributed by atoms with Gasteiger partial charge in [-0.15, -0.1) is 0 Å². The second-order valence-corrected chi connectivity index (χ2v) is 5.82. The Kier molecular flexibility index (Phi) is 6.67. The number of hydrogen-bond acceptors (Lipinski definition) is 3. The average molecular weight is 328 g/mol. The second-order valence-electron chi connectivity index (χ2n) is 5.82. The van der Waals surface area contributed by atoms with Crippen molar-refractivity contribution in [2.75, 3.05) is 6.61 Å². The van der Waals surface area contributed by atoms with E-state index in [1.165, 1.54) is 18.9 Å². The first-order valence-corrected chi connectivity index (χ1v) is 8.37. The molecule has 0 amide bonds. The molecular formula is C20H24O4. The Hall–Kier alpha value is -2.49. The monoisotopic (exact) mass is 328 g/mol. The molecule has 0 aliphatic carbocycles. The molecule has 0 atom stereocenters. The topological polar surface area (TPSA) is 66.8 Å². The van der Waals surface area contributed by atoms with Gasteiger partial charge in [0.1, 0.15) is 17.1 Å². The average Bonchev–Trinajstić information content (AvgIpc) is 2.57. The zero-order valence-corrected chi connectivity index (χ0v) is 14.0. The number of aryl methyl sites for hydroxylation is 2. The summed E-state index contributed by atoms with van der Waals surface area (Å²) in [5.74, 6) is -0.423. The maximum absolute atomic E-state index is 11.3. The van der Waals surface area contributed by atoms with E-state index < -0.39 is 5.97 Å². The van der Waals surface area contributed by atoms with Crippen LogP contribution in [0.15, 0.2) is 42.5 Å². The quantitative estimate of drug-likeness (QED) is 0.668. The molecule has 4 heteroatoms. The number of aromatic hydroxyl groups is 1. The second kappa shape index (κ2) is 8.96. The predicted octanol–water partition coefficient (Wildman–Crippen LogP) is 4.44. The van der Waals surface area contributed by atoms with Crippen LogP contribution in [-0.4, -0.2) is 22.8 Å². The van der Waals surface area contributed by atoms with Crippen LogP contribution in [-0.2, 0) is 12.8 Å². The van der Waals surface area contributed by atoms with Crippen LogP contribution in [0.1, 0.15) is 47.7 Å². The number of carboxylic acids is 1. The smallest absolute Gasteiger partial charge is 0.339 e. The van der Waals surface area contributed by atoms with Gasteiger partial charge in [-0.05, 0) is 48.6 Å². The first kappa shape index (κ1) is 17.9. The van der Waals surface area contributed by atoms with E-state index in [1.807, 2.05) is 24.3 Å². The lowest BCUT2D eigenvalue weighted by Gasteiger charge is -2.09. The molecule has 0 aliphatic heterocycles. The Morgan fingerprint density at radius 1 is 1.04 bits per heavy atom. The standard InChI is InChI=1S/C20H24O4/c1-2-3-4-14-24-17-12-9-15(10-13-17)8-11-16-6-5-7-18(21)19(16)20(22)23/h5-7,9-10,12-13,21H,2-4,8,11,14H2,1H3,(H,22,23). The molecule has 0 fully saturated rings. The van der Waals surface area contributed by atoms with Gasteiger partial charge in [0.25, 0.3) is 0 Å². The van der Waals surface area contributed by atoms with Gasteiger partial charge >= 0.3 is 5.97 Å². The molecule has 2 aromatic rings. The van der Waals surface area contributed by atoms with E-state index in [-0.39, 0.29) is 11.3 Å². The normalized spacial score (nSPS) is 10.5. The molecule has 0 bridgehead atoms. The van der Waals surface area contributed by atoms with Crippen LogP contribution in [0.3, 0.4) is 0 Å². The van der Waals surface area contributed by atoms with Gasteiger partial charge in [0, 0.05) is 0 Å². The van der Waals surface area contributed by atoms with Crippen LogP contribution < -0.4 is 4.74 Å². The fourth-order valence-corrected chi connectivity index (χ4v) is 2.62. The van der Waals surface area contributed by atoms with E-state index in [9.17, 15) is 15.0 Å². The van der Waals surface area contributed by atoms with Crippen LogP contribution in [0.25, 0.3) is 0 Å². The zero-order valence-electron chi connectivity index (χ0n) is 14.0. The first-order chi connectivity index (χ1) is 11.6. The van der Waals surface area contributed by atoms with E-state index in [0.29, 0.717) is 18.4 Å². The molecule has 2 N–H and O–H groups in total. The van der Waals surface area contributed by atoms with Gasteiger partial charge in [0.2, 0.25) is 0 Å². The van der Waals surface area contributed by atoms with Gasteiger partial charge in [-0.25, -0.2) is 4.79 Å². The highest BCUT2D eigenvalue weighted by molar-refractivity contribution is 5.92. The molecule has 0 heterocycles. The zero-order chi connectivity index (χ0) is 17.4. The number of unbranched alkanes of at least 4 members (excludes halogenated alkanes) is 2. The first-order valence-electron chi connectivity index (χ1n) is 8.37. The summed E-state index contributed by atoms with van der Waals surface area (Å²) in [4.78, 5) is 11.3. The van der Waals surface area contributed by atoms with Crippen LogP contribution in [0, 0.1) is 0 Å². The molecule has 2 rings (SSSR count). The number of carboxylic acid groups (broad SMARTS) is 1. The Balaban J connectivity index is 1.93. The largest absolute Gasteiger partial charge is 0.507 e. The molecule has 24 heavy (non-hydrogen) atoms. The van der Waals surface area contributed by atoms with Crippen LogP contribution in [0.4, 0.5) is 0 Å². The van der Waals surface area contributed by atoms with Crippen LogP contribution in [0.2, 0.25) is 0 Å². The van der Waals surface area contributed by atoms with Crippen molar-refractivity contribution in [2.45, 2.75) is 39.0 Å². The van der Waals surface area contributed by atoms with Crippen molar-refractivity contribution in [3.8, 4) is 11.5 Å². The summed E-state index contributed by atoms with van der Waals surface area (Å²) in [6, 6.07) is 12.7. The van der Waals surface area contributed by atoms with Crippen LogP contribution in [0.5, 0.6) is 11.5 Å². The van der Waals surface area contributed by atoms with Gasteiger partial charge < -0.3 is 14.9 Å². The molecule has 0 saturated heterocycles. The number of ether oxygens (including phenoxy) is 1. The van der Waals surface area contributed by atoms with E-state index >= 15 is 0 Å². The maximum Gasteiger partial charge on any atom is 0.339 e. The molecular weight excluding hydrogens is 304 g/mol. The number of benzene rings is 2. The van der Waals surface area contributed by atoms with Crippen molar-refractivity contribution in [3.63, 3.8) is 0 Å². The van der Waals surface area contributed by atoms with Crippen molar-refractivity contribution in [1.82, 2.24) is 0 Å². The number of phenols is 1. The van der Waals surface area contributed by atoms with E-state index in [0.717, 1.165) is 24.3 Å². The Labute approximate surface area is 142 Å². The van der Waals surface area contributed by atoms with Gasteiger partial charge in [0.05, 0.1) is 6.61 Å². The van der Waals surface area contributed by atoms with Crippen molar-refractivity contribution in [3.05, 3.63) is 59.2 Å². The summed E-state index contributed by atoms with van der Waals surface area (Å²) in [6.45, 7) is 2.90. The third kappa shape index (κ3) is 5.01. The van der Waals surface area contributed by atoms with Gasteiger partial charge in [0.15, 0.2) is 0 Å². The summed E-state index contributed by atoms with van der Waals surface area (Å²) < 4.78 is 5.68. The van der Waals surface area contributed by atoms with Crippen molar-refractivity contribution in [1.29, 1.82) is 0 Å². The van der Waals surface area contributed by atoms with E-state index in [4.69, 9.17) is 4.74 Å². The minimum absolute atomic E-state index is 0.00613. The summed E-state index contributed by atoms with van der Waals surface area (Å²) in [5.41, 5.74) is 1.74. The fourth-order valence-electron chi connectivity index (χ4n) is 2.62. The molecule has 0 aliphatic rings. The molecule has 0 saturated carbocycles. The maximum atomic E-state index is 11.3. The minimum atomic E-state index is -1.10. The van der Waals surface area contributed by atoms with Gasteiger partial charge in [-0.1, -0.05) is 44.0 Å². The highest BCUT2D eigenvalue weighted by Gasteiger charge is 2.14. The minimum Gasteiger partial charge on any atom is -0.507 e. The van der Waals surface area contributed by atoms with Crippen molar-refractivity contribution in [2.24, 2.45) is 0 Å². The number of rotatable bonds is 9. The Bertz CT molecular complexity index is 662. The lowest BCUT2D eigenvalue weighted by Crippen LogP contribution is -2.04. The summed E-state index contributed by atoms with van der Waals surface area (Å²) in [7, 11) is 0. The lowest BCUT2D eigenvalue weighted by molar-refractivity contribution is 0.0692. The SMILES string of the molecule is CCCCCOc1ccc(CCc2cccc(O)c2C(=O)O)cc1. The summed E-state index contributed by atoms with van der Waals surface area (Å²) in [6.07, 6.45) is 4.68. The third-order valence-corrected chi connectivity index (χ3v) is 3.97. The Morgan fingerprint density at radius 2 is 1.79 bits per heavy atom. The predicted molar refractivity (Wildman–Crippen MR) is 93.9 cm³/mol.